The minimum atomic E-state index is -2.51. The molecule has 7 heteroatoms. The molecule has 0 aliphatic heterocycles. The molecule has 0 aromatic rings. The van der Waals surface area contributed by atoms with Crippen LogP contribution in [0.3, 0.4) is 0 Å². The Morgan fingerprint density at radius 2 is 2.13 bits per heavy atom. The summed E-state index contributed by atoms with van der Waals surface area (Å²) in [6.45, 7) is 5.44. The second-order valence-corrected chi connectivity index (χ2v) is 3.78. The van der Waals surface area contributed by atoms with Crippen LogP contribution in [0.2, 0.25) is 0 Å². The smallest absolute Gasteiger partial charge is 0.329 e. The van der Waals surface area contributed by atoms with Crippen molar-refractivity contribution in [2.24, 2.45) is 5.73 Å². The van der Waals surface area contributed by atoms with Crippen molar-refractivity contribution in [3.8, 4) is 0 Å². The van der Waals surface area contributed by atoms with E-state index in [0.717, 1.165) is 18.1 Å². The molecule has 0 aromatic heterocycles. The Labute approximate surface area is 91.5 Å². The Morgan fingerprint density at radius 1 is 1.40 bits per heavy atom. The number of rotatable bonds is 10. The van der Waals surface area contributed by atoms with Crippen LogP contribution in [0.5, 0.6) is 0 Å². The topological polar surface area (TPSA) is 74.0 Å². The van der Waals surface area contributed by atoms with E-state index in [1.54, 1.807) is 0 Å². The molecule has 0 aliphatic rings. The molecule has 0 aliphatic carbocycles. The van der Waals surface area contributed by atoms with Gasteiger partial charge in [0.05, 0.1) is 19.8 Å². The van der Waals surface area contributed by atoms with Crippen LogP contribution in [-0.2, 0) is 18.6 Å². The van der Waals surface area contributed by atoms with Crippen LogP contribution in [0.1, 0.15) is 26.7 Å². The minimum Gasteiger partial charge on any atom is -0.329 e. The van der Waals surface area contributed by atoms with Gasteiger partial charge in [0, 0.05) is 6.54 Å². The lowest BCUT2D eigenvalue weighted by Crippen LogP contribution is -2.28. The second kappa shape index (κ2) is 10.5. The summed E-state index contributed by atoms with van der Waals surface area (Å²) in [5, 5.41) is 1.12. The molecular formula is C8H21N2O4P. The molecule has 0 spiro atoms. The van der Waals surface area contributed by atoms with Gasteiger partial charge in [-0.2, -0.15) is 4.62 Å². The first-order valence-electron chi connectivity index (χ1n) is 5.19. The van der Waals surface area contributed by atoms with Gasteiger partial charge in [-0.3, -0.25) is 9.40 Å². The van der Waals surface area contributed by atoms with E-state index >= 15 is 0 Å². The summed E-state index contributed by atoms with van der Waals surface area (Å²) in [5.41, 5.74) is 5.32. The average molecular weight is 240 g/mol. The summed E-state index contributed by atoms with van der Waals surface area (Å²) in [7, 11) is -2.51. The summed E-state index contributed by atoms with van der Waals surface area (Å²) in [6, 6.07) is 0. The summed E-state index contributed by atoms with van der Waals surface area (Å²) >= 11 is 0. The fourth-order valence-electron chi connectivity index (χ4n) is 0.795. The fraction of sp³-hybridized carbons (Fsp3) is 1.00. The average Bonchev–Trinajstić information content (AvgIpc) is 2.19. The fourth-order valence-corrected chi connectivity index (χ4v) is 1.47. The molecule has 0 fully saturated rings. The van der Waals surface area contributed by atoms with E-state index in [9.17, 15) is 4.57 Å². The quantitative estimate of drug-likeness (QED) is 0.353. The molecule has 15 heavy (non-hydrogen) atoms. The van der Waals surface area contributed by atoms with Gasteiger partial charge in [0.25, 0.3) is 0 Å². The van der Waals surface area contributed by atoms with E-state index in [4.69, 9.17) is 19.7 Å². The Kier molecular flexibility index (Phi) is 10.6. The van der Waals surface area contributed by atoms with Crippen molar-refractivity contribution in [1.29, 1.82) is 0 Å². The van der Waals surface area contributed by atoms with Crippen LogP contribution in [0.15, 0.2) is 0 Å². The van der Waals surface area contributed by atoms with Crippen molar-refractivity contribution < 1.29 is 18.6 Å². The van der Waals surface area contributed by atoms with Gasteiger partial charge >= 0.3 is 8.25 Å². The van der Waals surface area contributed by atoms with Gasteiger partial charge in [-0.1, -0.05) is 18.6 Å². The Balaban J connectivity index is 3.67. The van der Waals surface area contributed by atoms with Gasteiger partial charge in [0.2, 0.25) is 0 Å². The number of unbranched alkanes of at least 4 members (excludes halogenated alkanes) is 1. The number of hydrogen-bond donors (Lipinski definition) is 1. The Hall–Kier alpha value is 0.0300. The molecule has 0 aromatic carbocycles. The third-order valence-electron chi connectivity index (χ3n) is 1.48. The van der Waals surface area contributed by atoms with E-state index in [1.807, 2.05) is 13.8 Å². The summed E-state index contributed by atoms with van der Waals surface area (Å²) in [6.07, 6.45) is 1.86. The highest BCUT2D eigenvalue weighted by Gasteiger charge is 2.09. The molecule has 0 radical (unpaired) electrons. The lowest BCUT2D eigenvalue weighted by Gasteiger charge is -2.18. The summed E-state index contributed by atoms with van der Waals surface area (Å²) < 4.78 is 21.2. The zero-order valence-corrected chi connectivity index (χ0v) is 10.4. The van der Waals surface area contributed by atoms with Crippen LogP contribution in [0.4, 0.5) is 0 Å². The van der Waals surface area contributed by atoms with E-state index in [1.165, 1.54) is 0 Å². The molecule has 0 amide bonds. The maximum atomic E-state index is 11.3. The summed E-state index contributed by atoms with van der Waals surface area (Å²) in [4.78, 5) is 5.04. The molecule has 1 atom stereocenters. The number of nitrogens with zero attached hydrogens (tertiary/aromatic N) is 1. The van der Waals surface area contributed by atoms with E-state index in [2.05, 4.69) is 0 Å². The Morgan fingerprint density at radius 3 is 2.67 bits per heavy atom. The third kappa shape index (κ3) is 8.99. The highest BCUT2D eigenvalue weighted by molar-refractivity contribution is 7.33. The van der Waals surface area contributed by atoms with Crippen LogP contribution in [0.25, 0.3) is 0 Å². The second-order valence-electron chi connectivity index (χ2n) is 2.81. The van der Waals surface area contributed by atoms with E-state index < -0.39 is 8.25 Å². The Bertz CT molecular complexity index is 165. The highest BCUT2D eigenvalue weighted by atomic mass is 31.1. The lowest BCUT2D eigenvalue weighted by atomic mass is 10.4. The molecule has 6 nitrogen and oxygen atoms in total. The first-order valence-corrected chi connectivity index (χ1v) is 6.42. The predicted molar refractivity (Wildman–Crippen MR) is 58.3 cm³/mol. The molecule has 2 N–H and O–H groups in total. The van der Waals surface area contributed by atoms with Gasteiger partial charge < -0.3 is 10.3 Å². The lowest BCUT2D eigenvalue weighted by molar-refractivity contribution is -0.315. The molecule has 0 saturated heterocycles. The molecule has 92 valence electrons. The molecular weight excluding hydrogens is 219 g/mol. The number of hydrogen-bond acceptors (Lipinski definition) is 6. The standard InChI is InChI=1S/C8H21N2O4P/c1-3-5-8-13-15(11)14-10(7-6-9)12-4-2/h15H,3-9H2,1-2H3. The van der Waals surface area contributed by atoms with Crippen LogP contribution >= 0.6 is 8.25 Å². The maximum Gasteiger partial charge on any atom is 0.337 e. The van der Waals surface area contributed by atoms with Crippen molar-refractivity contribution in [3.05, 3.63) is 0 Å². The minimum absolute atomic E-state index is 0.362. The van der Waals surface area contributed by atoms with Crippen LogP contribution < -0.4 is 5.73 Å². The first kappa shape index (κ1) is 15.0. The molecule has 0 saturated carbocycles. The van der Waals surface area contributed by atoms with Crippen LogP contribution in [-0.4, -0.2) is 31.5 Å². The molecule has 1 unspecified atom stereocenters. The van der Waals surface area contributed by atoms with E-state index in [0.29, 0.717) is 26.3 Å². The van der Waals surface area contributed by atoms with Gasteiger partial charge in [0.1, 0.15) is 0 Å². The van der Waals surface area contributed by atoms with Gasteiger partial charge in [-0.25, -0.2) is 0 Å². The SMILES string of the molecule is CCCCO[PH](=O)ON(CCN)OCC. The van der Waals surface area contributed by atoms with Gasteiger partial charge in [0.15, 0.2) is 0 Å². The normalized spacial score (nSPS) is 13.3. The highest BCUT2D eigenvalue weighted by Crippen LogP contribution is 2.25. The van der Waals surface area contributed by atoms with Crippen molar-refractivity contribution in [1.82, 2.24) is 5.23 Å². The number of hydroxylamine groups is 2. The number of nitrogens with two attached hydrogens (primary N) is 1. The molecule has 0 heterocycles. The molecule has 0 rings (SSSR count). The third-order valence-corrected chi connectivity index (χ3v) is 2.27. The largest absolute Gasteiger partial charge is 0.337 e. The zero-order chi connectivity index (χ0) is 11.5. The molecule has 0 bridgehead atoms. The van der Waals surface area contributed by atoms with Crippen molar-refractivity contribution in [3.63, 3.8) is 0 Å². The van der Waals surface area contributed by atoms with Gasteiger partial charge in [-0.15, -0.1) is 0 Å². The summed E-state index contributed by atoms with van der Waals surface area (Å²) in [5.74, 6) is 0. The predicted octanol–water partition coefficient (Wildman–Crippen LogP) is 1.34. The van der Waals surface area contributed by atoms with Crippen molar-refractivity contribution >= 4 is 8.25 Å². The van der Waals surface area contributed by atoms with Gasteiger partial charge in [-0.05, 0) is 13.3 Å². The first-order chi connectivity index (χ1) is 7.24. The maximum absolute atomic E-state index is 11.3. The van der Waals surface area contributed by atoms with Crippen molar-refractivity contribution in [2.45, 2.75) is 26.7 Å². The van der Waals surface area contributed by atoms with E-state index in [-0.39, 0.29) is 0 Å². The zero-order valence-electron chi connectivity index (χ0n) is 9.40. The van der Waals surface area contributed by atoms with Crippen LogP contribution in [0, 0.1) is 0 Å². The van der Waals surface area contributed by atoms with Crippen molar-refractivity contribution in [2.75, 3.05) is 26.3 Å². The monoisotopic (exact) mass is 240 g/mol.